The number of carbonyl (C=O) groups is 6. The molecule has 0 radical (unpaired) electrons. The van der Waals surface area contributed by atoms with Crippen molar-refractivity contribution in [3.8, 4) is 5.75 Å². The first kappa shape index (κ1) is 30.4. The van der Waals surface area contributed by atoms with Crippen molar-refractivity contribution in [3.63, 3.8) is 0 Å². The van der Waals surface area contributed by atoms with Gasteiger partial charge in [-0.15, -0.1) is 0 Å². The summed E-state index contributed by atoms with van der Waals surface area (Å²) < 4.78 is 0. The van der Waals surface area contributed by atoms with Crippen LogP contribution in [0.4, 0.5) is 0 Å². The quantitative estimate of drug-likeness (QED) is 0.130. The molecule has 0 aliphatic carbocycles. The van der Waals surface area contributed by atoms with Gasteiger partial charge < -0.3 is 42.4 Å². The number of phenols is 1. The van der Waals surface area contributed by atoms with Crippen molar-refractivity contribution in [2.75, 3.05) is 0 Å². The lowest BCUT2D eigenvalue weighted by Gasteiger charge is -2.24. The van der Waals surface area contributed by atoms with Crippen LogP contribution in [0.3, 0.4) is 0 Å². The summed E-state index contributed by atoms with van der Waals surface area (Å²) in [5.41, 5.74) is 12.6. The van der Waals surface area contributed by atoms with Crippen molar-refractivity contribution in [3.05, 3.63) is 65.7 Å². The number of amides is 4. The van der Waals surface area contributed by atoms with E-state index < -0.39 is 66.6 Å². The number of phenolic OH excluding ortho intramolecular Hbond substituents is 1. The topological polar surface area (TPSA) is 231 Å². The lowest BCUT2D eigenvalue weighted by molar-refractivity contribution is -0.139. The molecular formula is C26H31N5O8. The summed E-state index contributed by atoms with van der Waals surface area (Å²) >= 11 is 0. The van der Waals surface area contributed by atoms with Crippen LogP contribution in [-0.2, 0) is 41.6 Å². The molecule has 13 nitrogen and oxygen atoms in total. The molecule has 39 heavy (non-hydrogen) atoms. The van der Waals surface area contributed by atoms with Crippen LogP contribution in [0.1, 0.15) is 24.0 Å². The molecular weight excluding hydrogens is 510 g/mol. The molecule has 0 bridgehead atoms. The summed E-state index contributed by atoms with van der Waals surface area (Å²) in [5, 5.41) is 25.4. The fraction of sp³-hybridized carbons (Fsp3) is 0.308. The minimum absolute atomic E-state index is 0.00519. The normalized spacial score (nSPS) is 13.7. The number of aldehydes is 1. The lowest BCUT2D eigenvalue weighted by Crippen LogP contribution is -2.58. The summed E-state index contributed by atoms with van der Waals surface area (Å²) in [6, 6.07) is 9.51. The maximum Gasteiger partial charge on any atom is 0.305 e. The van der Waals surface area contributed by atoms with E-state index >= 15 is 0 Å². The SMILES string of the molecule is NC(=O)C[C@H](NC(=O)[C@H](Cc1ccccc1)NC(=O)[C@@H](N)Cc1ccc(O)cc1)C(=O)N[C@H](C=O)CC(=O)O. The molecule has 4 atom stereocenters. The van der Waals surface area contributed by atoms with Crippen molar-refractivity contribution in [2.24, 2.45) is 11.5 Å². The van der Waals surface area contributed by atoms with Gasteiger partial charge in [0.1, 0.15) is 24.1 Å². The third kappa shape index (κ3) is 10.6. The second-order valence-electron chi connectivity index (χ2n) is 8.81. The zero-order valence-corrected chi connectivity index (χ0v) is 20.9. The van der Waals surface area contributed by atoms with E-state index in [1.165, 1.54) is 12.1 Å². The van der Waals surface area contributed by atoms with Crippen LogP contribution >= 0.6 is 0 Å². The number of carboxylic acids is 1. The molecule has 0 unspecified atom stereocenters. The first-order chi connectivity index (χ1) is 18.5. The molecule has 0 saturated carbocycles. The van der Waals surface area contributed by atoms with Gasteiger partial charge in [-0.1, -0.05) is 42.5 Å². The highest BCUT2D eigenvalue weighted by atomic mass is 16.4. The number of aliphatic carboxylic acids is 1. The Morgan fingerprint density at radius 2 is 1.33 bits per heavy atom. The lowest BCUT2D eigenvalue weighted by atomic mass is 10.0. The monoisotopic (exact) mass is 541 g/mol. The first-order valence-electron chi connectivity index (χ1n) is 11.9. The van der Waals surface area contributed by atoms with Crippen LogP contribution in [0.5, 0.6) is 5.75 Å². The van der Waals surface area contributed by atoms with Crippen molar-refractivity contribution in [1.82, 2.24) is 16.0 Å². The van der Waals surface area contributed by atoms with E-state index in [1.54, 1.807) is 42.5 Å². The molecule has 4 amide bonds. The molecule has 0 aromatic heterocycles. The van der Waals surface area contributed by atoms with E-state index in [-0.39, 0.29) is 24.9 Å². The predicted molar refractivity (Wildman–Crippen MR) is 138 cm³/mol. The fourth-order valence-electron chi connectivity index (χ4n) is 3.60. The number of rotatable bonds is 15. The molecule has 208 valence electrons. The van der Waals surface area contributed by atoms with Crippen LogP contribution in [0.15, 0.2) is 54.6 Å². The predicted octanol–water partition coefficient (Wildman–Crippen LogP) is -1.49. The maximum atomic E-state index is 13.2. The Bertz CT molecular complexity index is 1170. The van der Waals surface area contributed by atoms with Gasteiger partial charge in [0, 0.05) is 6.42 Å². The van der Waals surface area contributed by atoms with Crippen LogP contribution in [-0.4, -0.2) is 70.3 Å². The fourth-order valence-corrected chi connectivity index (χ4v) is 3.60. The summed E-state index contributed by atoms with van der Waals surface area (Å²) in [4.78, 5) is 72.5. The second kappa shape index (κ2) is 14.8. The molecule has 0 aliphatic rings. The van der Waals surface area contributed by atoms with Gasteiger partial charge in [-0.3, -0.25) is 24.0 Å². The second-order valence-corrected chi connectivity index (χ2v) is 8.81. The highest BCUT2D eigenvalue weighted by Gasteiger charge is 2.30. The van der Waals surface area contributed by atoms with Crippen LogP contribution < -0.4 is 27.4 Å². The van der Waals surface area contributed by atoms with Gasteiger partial charge in [0.25, 0.3) is 0 Å². The largest absolute Gasteiger partial charge is 0.508 e. The number of carboxylic acid groups (broad SMARTS) is 1. The number of nitrogens with two attached hydrogens (primary N) is 2. The van der Waals surface area contributed by atoms with E-state index in [4.69, 9.17) is 16.6 Å². The van der Waals surface area contributed by atoms with Gasteiger partial charge in [0.15, 0.2) is 0 Å². The van der Waals surface area contributed by atoms with Crippen molar-refractivity contribution in [2.45, 2.75) is 49.9 Å². The number of hydrogen-bond acceptors (Lipinski definition) is 8. The highest BCUT2D eigenvalue weighted by molar-refractivity contribution is 5.96. The van der Waals surface area contributed by atoms with Crippen LogP contribution in [0.2, 0.25) is 0 Å². The maximum absolute atomic E-state index is 13.2. The van der Waals surface area contributed by atoms with Crippen LogP contribution in [0, 0.1) is 0 Å². The summed E-state index contributed by atoms with van der Waals surface area (Å²) in [7, 11) is 0. The Kier molecular flexibility index (Phi) is 11.6. The van der Waals surface area contributed by atoms with Gasteiger partial charge >= 0.3 is 5.97 Å². The van der Waals surface area contributed by atoms with Crippen molar-refractivity contribution >= 4 is 35.9 Å². The number of hydrogen-bond donors (Lipinski definition) is 7. The zero-order chi connectivity index (χ0) is 28.9. The minimum atomic E-state index is -1.55. The Morgan fingerprint density at radius 3 is 1.90 bits per heavy atom. The van der Waals surface area contributed by atoms with Gasteiger partial charge in [-0.25, -0.2) is 0 Å². The summed E-state index contributed by atoms with van der Waals surface area (Å²) in [6.45, 7) is 0. The third-order valence-corrected chi connectivity index (χ3v) is 5.57. The Balaban J connectivity index is 2.20. The zero-order valence-electron chi connectivity index (χ0n) is 20.9. The van der Waals surface area contributed by atoms with Gasteiger partial charge in [-0.2, -0.15) is 0 Å². The molecule has 2 rings (SSSR count). The van der Waals surface area contributed by atoms with E-state index in [0.29, 0.717) is 11.1 Å². The molecule has 13 heteroatoms. The number of benzene rings is 2. The molecule has 0 heterocycles. The minimum Gasteiger partial charge on any atom is -0.508 e. The molecule has 0 saturated heterocycles. The van der Waals surface area contributed by atoms with E-state index in [9.17, 15) is 33.9 Å². The summed E-state index contributed by atoms with van der Waals surface area (Å²) in [5.74, 6) is -4.76. The first-order valence-corrected chi connectivity index (χ1v) is 11.9. The molecule has 2 aromatic carbocycles. The van der Waals surface area contributed by atoms with E-state index in [0.717, 1.165) is 0 Å². The van der Waals surface area contributed by atoms with Crippen molar-refractivity contribution < 1.29 is 39.0 Å². The van der Waals surface area contributed by atoms with Crippen LogP contribution in [0.25, 0.3) is 0 Å². The van der Waals surface area contributed by atoms with Crippen molar-refractivity contribution in [1.29, 1.82) is 0 Å². The van der Waals surface area contributed by atoms with Gasteiger partial charge in [0.05, 0.1) is 24.9 Å². The molecule has 9 N–H and O–H groups in total. The Hall–Kier alpha value is -4.78. The van der Waals surface area contributed by atoms with Gasteiger partial charge in [-0.05, 0) is 29.7 Å². The molecule has 2 aromatic rings. The highest BCUT2D eigenvalue weighted by Crippen LogP contribution is 2.11. The third-order valence-electron chi connectivity index (χ3n) is 5.57. The Morgan fingerprint density at radius 1 is 0.769 bits per heavy atom. The molecule has 0 fully saturated rings. The molecule has 0 spiro atoms. The number of nitrogens with one attached hydrogen (secondary N) is 3. The average Bonchev–Trinajstić information content (AvgIpc) is 2.88. The average molecular weight is 542 g/mol. The standard InChI is InChI=1S/C26H31N5O8/c27-19(10-16-6-8-18(33)9-7-16)24(37)30-20(11-15-4-2-1-3-5-15)26(39)31-21(13-22(28)34)25(38)29-17(14-32)12-23(35)36/h1-9,14,17,19-21,33H,10-13,27H2,(H2,28,34)(H,29,38)(H,30,37)(H,31,39)(H,35,36)/t17-,19-,20-,21-/m0/s1. The number of carbonyl (C=O) groups excluding carboxylic acids is 5. The summed E-state index contributed by atoms with van der Waals surface area (Å²) in [6.07, 6.45) is -1.04. The smallest absolute Gasteiger partial charge is 0.305 e. The van der Waals surface area contributed by atoms with E-state index in [2.05, 4.69) is 16.0 Å². The van der Waals surface area contributed by atoms with Gasteiger partial charge in [0.2, 0.25) is 23.6 Å². The molecule has 0 aliphatic heterocycles. The Labute approximate surface area is 223 Å². The van der Waals surface area contributed by atoms with E-state index in [1.807, 2.05) is 0 Å². The number of aromatic hydroxyl groups is 1. The number of primary amides is 1.